The highest BCUT2D eigenvalue weighted by Gasteiger charge is 2.18. The van der Waals surface area contributed by atoms with Gasteiger partial charge in [-0.25, -0.2) is 0 Å². The lowest BCUT2D eigenvalue weighted by Gasteiger charge is -1.90. The standard InChI is InChI=1S/C2H3BO4S2/c4-1(8)2(5)9-3(6)7/h6-7H,(H,4,8). The summed E-state index contributed by atoms with van der Waals surface area (Å²) in [4.78, 5) is 20.1. The van der Waals surface area contributed by atoms with Gasteiger partial charge in [-0.1, -0.05) is 24.2 Å². The molecule has 50 valence electrons. The summed E-state index contributed by atoms with van der Waals surface area (Å²) in [6, 6.07) is 0. The monoisotopic (exact) mass is 166 g/mol. The highest BCUT2D eigenvalue weighted by molar-refractivity contribution is 8.37. The largest absolute Gasteiger partial charge is 0.534 e. The SMILES string of the molecule is O=C(S)C(=O)SB(O)O. The summed E-state index contributed by atoms with van der Waals surface area (Å²) in [6.07, 6.45) is -1.84. The molecule has 0 heterocycles. The summed E-state index contributed by atoms with van der Waals surface area (Å²) in [5, 5.41) is 14.2. The first-order valence-corrected chi connectivity index (χ1v) is 3.16. The zero-order valence-corrected chi connectivity index (χ0v) is 5.85. The lowest BCUT2D eigenvalue weighted by molar-refractivity contribution is -0.126. The molecule has 0 fully saturated rings. The summed E-state index contributed by atoms with van der Waals surface area (Å²) >= 11 is 3.24. The van der Waals surface area contributed by atoms with Crippen LogP contribution in [-0.4, -0.2) is 26.7 Å². The van der Waals surface area contributed by atoms with Crippen molar-refractivity contribution in [2.24, 2.45) is 0 Å². The molecule has 4 nitrogen and oxygen atoms in total. The number of carbonyl (C=O) groups excluding carboxylic acids is 2. The molecule has 0 saturated heterocycles. The van der Waals surface area contributed by atoms with Gasteiger partial charge in [-0.05, 0) is 0 Å². The van der Waals surface area contributed by atoms with Crippen LogP contribution < -0.4 is 0 Å². The average Bonchev–Trinajstić information content (AvgIpc) is 1.63. The van der Waals surface area contributed by atoms with Crippen LogP contribution in [0.15, 0.2) is 0 Å². The van der Waals surface area contributed by atoms with Gasteiger partial charge in [-0.2, -0.15) is 0 Å². The Balaban J connectivity index is 3.65. The van der Waals surface area contributed by atoms with Crippen LogP contribution in [0, 0.1) is 0 Å². The molecular weight excluding hydrogens is 163 g/mol. The molecule has 0 unspecified atom stereocenters. The Morgan fingerprint density at radius 3 is 2.00 bits per heavy atom. The number of thiol groups is 1. The third kappa shape index (κ3) is 4.52. The first kappa shape index (κ1) is 9.02. The quantitative estimate of drug-likeness (QED) is 0.269. The maximum atomic E-state index is 10.2. The molecule has 2 N–H and O–H groups in total. The van der Waals surface area contributed by atoms with Crippen LogP contribution in [-0.2, 0) is 9.59 Å². The molecule has 9 heavy (non-hydrogen) atoms. The Hall–Kier alpha value is 0.0249. The van der Waals surface area contributed by atoms with Gasteiger partial charge in [0.25, 0.3) is 10.2 Å². The fourth-order valence-electron chi connectivity index (χ4n) is 0.146. The van der Waals surface area contributed by atoms with E-state index in [1.165, 1.54) is 0 Å². The molecule has 0 radical (unpaired) electrons. The molecule has 7 heteroatoms. The van der Waals surface area contributed by atoms with Crippen molar-refractivity contribution in [3.05, 3.63) is 0 Å². The van der Waals surface area contributed by atoms with E-state index in [1.54, 1.807) is 0 Å². The van der Waals surface area contributed by atoms with Gasteiger partial charge in [-0.3, -0.25) is 9.59 Å². The Morgan fingerprint density at radius 2 is 1.89 bits per heavy atom. The molecule has 0 aliphatic rings. The highest BCUT2D eigenvalue weighted by atomic mass is 32.2. The first-order chi connectivity index (χ1) is 4.04. The maximum Gasteiger partial charge on any atom is 0.534 e. The average molecular weight is 166 g/mol. The number of hydrogen-bond acceptors (Lipinski definition) is 5. The predicted molar refractivity (Wildman–Crippen MR) is 36.8 cm³/mol. The van der Waals surface area contributed by atoms with E-state index >= 15 is 0 Å². The second-order valence-corrected chi connectivity index (χ2v) is 2.47. The zero-order valence-electron chi connectivity index (χ0n) is 4.14. The second-order valence-electron chi connectivity index (χ2n) is 1.04. The van der Waals surface area contributed by atoms with Crippen molar-refractivity contribution in [2.75, 3.05) is 0 Å². The normalized spacial score (nSPS) is 8.78. The molecule has 0 aromatic rings. The summed E-state index contributed by atoms with van der Waals surface area (Å²) in [7, 11) is 0. The molecule has 0 amide bonds. The van der Waals surface area contributed by atoms with Gasteiger partial charge < -0.3 is 10.0 Å². The van der Waals surface area contributed by atoms with E-state index in [4.69, 9.17) is 10.0 Å². The van der Waals surface area contributed by atoms with Crippen LogP contribution in [0.3, 0.4) is 0 Å². The van der Waals surface area contributed by atoms with Crippen LogP contribution in [0.5, 0.6) is 0 Å². The molecule has 0 aromatic heterocycles. The van der Waals surface area contributed by atoms with Gasteiger partial charge in [0.1, 0.15) is 0 Å². The molecule has 0 aromatic carbocycles. The second kappa shape index (κ2) is 3.94. The van der Waals surface area contributed by atoms with Crippen molar-refractivity contribution in [1.29, 1.82) is 0 Å². The van der Waals surface area contributed by atoms with Crippen molar-refractivity contribution >= 4 is 40.9 Å². The lowest BCUT2D eigenvalue weighted by Crippen LogP contribution is -2.13. The molecular formula is C2H3BO4S2. The van der Waals surface area contributed by atoms with Crippen LogP contribution in [0.1, 0.15) is 0 Å². The van der Waals surface area contributed by atoms with Crippen LogP contribution in [0.25, 0.3) is 0 Å². The number of carbonyl (C=O) groups is 2. The van der Waals surface area contributed by atoms with Crippen molar-refractivity contribution in [2.45, 2.75) is 0 Å². The van der Waals surface area contributed by atoms with E-state index in [0.717, 1.165) is 0 Å². The fourth-order valence-corrected chi connectivity index (χ4v) is 0.597. The van der Waals surface area contributed by atoms with Gasteiger partial charge in [0, 0.05) is 0 Å². The van der Waals surface area contributed by atoms with E-state index in [1.807, 2.05) is 0 Å². The van der Waals surface area contributed by atoms with Gasteiger partial charge >= 0.3 is 6.40 Å². The van der Waals surface area contributed by atoms with Gasteiger partial charge in [0.15, 0.2) is 0 Å². The minimum Gasteiger partial charge on any atom is -0.418 e. The van der Waals surface area contributed by atoms with Crippen molar-refractivity contribution in [3.8, 4) is 0 Å². The lowest BCUT2D eigenvalue weighted by atomic mass is 10.4. The van der Waals surface area contributed by atoms with Crippen LogP contribution >= 0.6 is 24.2 Å². The first-order valence-electron chi connectivity index (χ1n) is 1.84. The molecule has 0 saturated carbocycles. The summed E-state index contributed by atoms with van der Waals surface area (Å²) < 4.78 is 0. The predicted octanol–water partition coefficient (Wildman–Crippen LogP) is -1.33. The third-order valence-electron chi connectivity index (χ3n) is 0.387. The third-order valence-corrected chi connectivity index (χ3v) is 1.35. The molecule has 0 bridgehead atoms. The maximum absolute atomic E-state index is 10.2. The molecule has 0 atom stereocenters. The summed E-state index contributed by atoms with van der Waals surface area (Å²) in [6.45, 7) is 0. The van der Waals surface area contributed by atoms with Crippen molar-refractivity contribution in [1.82, 2.24) is 0 Å². The number of hydrogen-bond donors (Lipinski definition) is 3. The van der Waals surface area contributed by atoms with Gasteiger partial charge in [-0.15, -0.1) is 0 Å². The van der Waals surface area contributed by atoms with Gasteiger partial charge in [0.2, 0.25) is 0 Å². The van der Waals surface area contributed by atoms with Crippen LogP contribution in [0.2, 0.25) is 0 Å². The van der Waals surface area contributed by atoms with Crippen molar-refractivity contribution in [3.63, 3.8) is 0 Å². The zero-order chi connectivity index (χ0) is 7.44. The van der Waals surface area contributed by atoms with E-state index in [9.17, 15) is 9.59 Å². The highest BCUT2D eigenvalue weighted by Crippen LogP contribution is 2.04. The van der Waals surface area contributed by atoms with E-state index in [2.05, 4.69) is 12.6 Å². The minimum absolute atomic E-state index is 0.109. The Kier molecular flexibility index (Phi) is 3.95. The van der Waals surface area contributed by atoms with Gasteiger partial charge in [0.05, 0.1) is 0 Å². The van der Waals surface area contributed by atoms with Crippen LogP contribution in [0.4, 0.5) is 0 Å². The van der Waals surface area contributed by atoms with Crippen molar-refractivity contribution < 1.29 is 19.6 Å². The Bertz CT molecular complexity index is 135. The Morgan fingerprint density at radius 1 is 1.44 bits per heavy atom. The van der Waals surface area contributed by atoms with E-state index < -0.39 is 16.6 Å². The summed E-state index contributed by atoms with van der Waals surface area (Å²) in [5.41, 5.74) is 0. The minimum atomic E-state index is -1.84. The Labute approximate surface area is 61.1 Å². The van der Waals surface area contributed by atoms with E-state index in [-0.39, 0.29) is 11.6 Å². The summed E-state index contributed by atoms with van der Waals surface area (Å²) in [5.74, 6) is 0. The molecule has 0 rings (SSSR count). The molecule has 0 aliphatic carbocycles. The molecule has 0 aliphatic heterocycles. The van der Waals surface area contributed by atoms with E-state index in [0.29, 0.717) is 0 Å². The fraction of sp³-hybridized carbons (Fsp3) is 0. The number of rotatable bonds is 2. The molecule has 0 spiro atoms. The topological polar surface area (TPSA) is 74.6 Å². The smallest absolute Gasteiger partial charge is 0.418 e.